The van der Waals surface area contributed by atoms with E-state index >= 15 is 0 Å². The number of halogens is 2. The SMILES string of the molecule is CCNCCCCOc1c(Br)cccc1Br. The minimum atomic E-state index is 0.757. The van der Waals surface area contributed by atoms with Crippen molar-refractivity contribution >= 4 is 31.9 Å². The summed E-state index contributed by atoms with van der Waals surface area (Å²) in [6.07, 6.45) is 2.22. The number of para-hydroxylation sites is 1. The van der Waals surface area contributed by atoms with E-state index in [1.807, 2.05) is 18.2 Å². The summed E-state index contributed by atoms with van der Waals surface area (Å²) in [5, 5.41) is 3.30. The second-order valence-corrected chi connectivity index (χ2v) is 5.17. The second-order valence-electron chi connectivity index (χ2n) is 3.46. The lowest BCUT2D eigenvalue weighted by Gasteiger charge is -2.09. The number of hydrogen-bond acceptors (Lipinski definition) is 2. The summed E-state index contributed by atoms with van der Waals surface area (Å²) in [4.78, 5) is 0. The van der Waals surface area contributed by atoms with Gasteiger partial charge in [-0.2, -0.15) is 0 Å². The summed E-state index contributed by atoms with van der Waals surface area (Å²) in [7, 11) is 0. The Bertz CT molecular complexity index is 298. The maximum absolute atomic E-state index is 5.73. The molecule has 0 atom stereocenters. The maximum atomic E-state index is 5.73. The van der Waals surface area contributed by atoms with Gasteiger partial charge in [0.1, 0.15) is 5.75 Å². The molecular formula is C12H17Br2NO. The van der Waals surface area contributed by atoms with Crippen molar-refractivity contribution in [2.24, 2.45) is 0 Å². The van der Waals surface area contributed by atoms with Crippen LogP contribution in [0.1, 0.15) is 19.8 Å². The zero-order valence-electron chi connectivity index (χ0n) is 9.43. The number of benzene rings is 1. The number of rotatable bonds is 7. The second kappa shape index (κ2) is 8.09. The van der Waals surface area contributed by atoms with Gasteiger partial charge in [0, 0.05) is 0 Å². The summed E-state index contributed by atoms with van der Waals surface area (Å²) in [6.45, 7) is 4.98. The molecule has 1 N–H and O–H groups in total. The first kappa shape index (κ1) is 14.0. The third kappa shape index (κ3) is 4.85. The van der Waals surface area contributed by atoms with Gasteiger partial charge in [-0.25, -0.2) is 0 Å². The minimum Gasteiger partial charge on any atom is -0.491 e. The molecule has 1 rings (SSSR count). The molecule has 0 unspecified atom stereocenters. The Morgan fingerprint density at radius 3 is 2.50 bits per heavy atom. The lowest BCUT2D eigenvalue weighted by molar-refractivity contribution is 0.302. The van der Waals surface area contributed by atoms with Crippen molar-refractivity contribution in [2.45, 2.75) is 19.8 Å². The fourth-order valence-corrected chi connectivity index (χ4v) is 2.55. The molecule has 90 valence electrons. The molecular weight excluding hydrogens is 334 g/mol. The van der Waals surface area contributed by atoms with Crippen LogP contribution in [0, 0.1) is 0 Å². The quantitative estimate of drug-likeness (QED) is 0.751. The molecule has 0 amide bonds. The number of nitrogens with one attached hydrogen (secondary N) is 1. The fraction of sp³-hybridized carbons (Fsp3) is 0.500. The molecule has 2 nitrogen and oxygen atoms in total. The molecule has 0 saturated carbocycles. The molecule has 0 bridgehead atoms. The normalized spacial score (nSPS) is 10.4. The van der Waals surface area contributed by atoms with Crippen molar-refractivity contribution in [1.82, 2.24) is 5.32 Å². The lowest BCUT2D eigenvalue weighted by Crippen LogP contribution is -2.14. The average Bonchev–Trinajstić information content (AvgIpc) is 2.26. The van der Waals surface area contributed by atoms with Crippen molar-refractivity contribution in [3.8, 4) is 5.75 Å². The smallest absolute Gasteiger partial charge is 0.147 e. The number of ether oxygens (including phenoxy) is 1. The van der Waals surface area contributed by atoms with Crippen molar-refractivity contribution in [3.63, 3.8) is 0 Å². The Morgan fingerprint density at radius 2 is 1.88 bits per heavy atom. The van der Waals surface area contributed by atoms with Gasteiger partial charge in [-0.1, -0.05) is 13.0 Å². The third-order valence-corrected chi connectivity index (χ3v) is 3.41. The van der Waals surface area contributed by atoms with E-state index in [1.165, 1.54) is 0 Å². The Balaban J connectivity index is 2.26. The lowest BCUT2D eigenvalue weighted by atomic mass is 10.3. The van der Waals surface area contributed by atoms with Crippen LogP contribution in [0.2, 0.25) is 0 Å². The van der Waals surface area contributed by atoms with E-state index in [0.29, 0.717) is 0 Å². The Kier molecular flexibility index (Phi) is 7.08. The van der Waals surface area contributed by atoms with Gasteiger partial charge < -0.3 is 10.1 Å². The molecule has 0 aliphatic heterocycles. The maximum Gasteiger partial charge on any atom is 0.147 e. The van der Waals surface area contributed by atoms with Crippen molar-refractivity contribution < 1.29 is 4.74 Å². The van der Waals surface area contributed by atoms with Crippen LogP contribution in [0.5, 0.6) is 5.75 Å². The Morgan fingerprint density at radius 1 is 1.19 bits per heavy atom. The third-order valence-electron chi connectivity index (χ3n) is 2.16. The van der Waals surface area contributed by atoms with E-state index < -0.39 is 0 Å². The first-order valence-corrected chi connectivity index (χ1v) is 7.11. The zero-order valence-corrected chi connectivity index (χ0v) is 12.6. The molecule has 0 radical (unpaired) electrons. The fourth-order valence-electron chi connectivity index (χ4n) is 1.32. The van der Waals surface area contributed by atoms with E-state index in [-0.39, 0.29) is 0 Å². The van der Waals surface area contributed by atoms with Gasteiger partial charge in [0.15, 0.2) is 0 Å². The van der Waals surface area contributed by atoms with Gasteiger partial charge in [-0.3, -0.25) is 0 Å². The first-order chi connectivity index (χ1) is 7.75. The van der Waals surface area contributed by atoms with Gasteiger partial charge in [-0.15, -0.1) is 0 Å². The van der Waals surface area contributed by atoms with Gasteiger partial charge >= 0.3 is 0 Å². The van der Waals surface area contributed by atoms with E-state index in [1.54, 1.807) is 0 Å². The largest absolute Gasteiger partial charge is 0.491 e. The first-order valence-electron chi connectivity index (χ1n) is 5.53. The predicted octanol–water partition coefficient (Wildman–Crippen LogP) is 3.98. The summed E-state index contributed by atoms with van der Waals surface area (Å²) in [5.41, 5.74) is 0. The molecule has 1 aromatic carbocycles. The van der Waals surface area contributed by atoms with Crippen LogP contribution in [0.4, 0.5) is 0 Å². The molecule has 4 heteroatoms. The van der Waals surface area contributed by atoms with E-state index in [9.17, 15) is 0 Å². The molecule has 0 heterocycles. The van der Waals surface area contributed by atoms with Crippen molar-refractivity contribution in [1.29, 1.82) is 0 Å². The molecule has 0 aromatic heterocycles. The zero-order chi connectivity index (χ0) is 11.8. The van der Waals surface area contributed by atoms with E-state index in [2.05, 4.69) is 44.1 Å². The van der Waals surface area contributed by atoms with E-state index in [0.717, 1.165) is 47.2 Å². The van der Waals surface area contributed by atoms with Gasteiger partial charge in [-0.05, 0) is 69.9 Å². The topological polar surface area (TPSA) is 21.3 Å². The van der Waals surface area contributed by atoms with Gasteiger partial charge in [0.25, 0.3) is 0 Å². The van der Waals surface area contributed by atoms with Gasteiger partial charge in [0.05, 0.1) is 15.6 Å². The molecule has 0 fully saturated rings. The minimum absolute atomic E-state index is 0.757. The molecule has 0 saturated heterocycles. The highest BCUT2D eigenvalue weighted by Crippen LogP contribution is 2.32. The van der Waals surface area contributed by atoms with Crippen LogP contribution in [-0.4, -0.2) is 19.7 Å². The van der Waals surface area contributed by atoms with Crippen LogP contribution in [0.15, 0.2) is 27.1 Å². The molecule has 16 heavy (non-hydrogen) atoms. The average molecular weight is 351 g/mol. The standard InChI is InChI=1S/C12H17Br2NO/c1-2-15-8-3-4-9-16-12-10(13)6-5-7-11(12)14/h5-7,15H,2-4,8-9H2,1H3. The summed E-state index contributed by atoms with van der Waals surface area (Å²) in [6, 6.07) is 5.95. The highest BCUT2D eigenvalue weighted by Gasteiger charge is 2.04. The van der Waals surface area contributed by atoms with Gasteiger partial charge in [0.2, 0.25) is 0 Å². The van der Waals surface area contributed by atoms with Crippen molar-refractivity contribution in [2.75, 3.05) is 19.7 Å². The van der Waals surface area contributed by atoms with Crippen LogP contribution in [0.25, 0.3) is 0 Å². The van der Waals surface area contributed by atoms with Crippen LogP contribution in [-0.2, 0) is 0 Å². The molecule has 1 aromatic rings. The predicted molar refractivity (Wildman–Crippen MR) is 75.1 cm³/mol. The Labute approximate surface area is 114 Å². The highest BCUT2D eigenvalue weighted by atomic mass is 79.9. The summed E-state index contributed by atoms with van der Waals surface area (Å²) in [5.74, 6) is 0.894. The van der Waals surface area contributed by atoms with Crippen LogP contribution < -0.4 is 10.1 Å². The number of hydrogen-bond donors (Lipinski definition) is 1. The molecule has 0 spiro atoms. The highest BCUT2D eigenvalue weighted by molar-refractivity contribution is 9.11. The van der Waals surface area contributed by atoms with E-state index in [4.69, 9.17) is 4.74 Å². The Hall–Kier alpha value is -0.0600. The number of unbranched alkanes of at least 4 members (excludes halogenated alkanes) is 1. The monoisotopic (exact) mass is 349 g/mol. The summed E-state index contributed by atoms with van der Waals surface area (Å²) < 4.78 is 7.71. The van der Waals surface area contributed by atoms with Crippen LogP contribution in [0.3, 0.4) is 0 Å². The molecule has 0 aliphatic rings. The molecule has 0 aliphatic carbocycles. The van der Waals surface area contributed by atoms with Crippen LogP contribution >= 0.6 is 31.9 Å². The summed E-state index contributed by atoms with van der Waals surface area (Å²) >= 11 is 6.95. The van der Waals surface area contributed by atoms with Crippen molar-refractivity contribution in [3.05, 3.63) is 27.1 Å².